The van der Waals surface area contributed by atoms with Gasteiger partial charge in [-0.15, -0.1) is 0 Å². The molecule has 1 amide bonds. The van der Waals surface area contributed by atoms with Gasteiger partial charge in [0.1, 0.15) is 0 Å². The fraction of sp³-hybridized carbons (Fsp3) is 0.867. The first kappa shape index (κ1) is 17.0. The van der Waals surface area contributed by atoms with Crippen LogP contribution < -0.4 is 10.6 Å². The molecule has 126 valence electrons. The number of hydrogen-bond acceptors (Lipinski definition) is 2. The van der Waals surface area contributed by atoms with Crippen LogP contribution in [0.15, 0.2) is 4.99 Å². The predicted octanol–water partition coefficient (Wildman–Crippen LogP) is 1.60. The summed E-state index contributed by atoms with van der Waals surface area (Å²) in [6.45, 7) is 0.945. The Morgan fingerprint density at radius 2 is 2.00 bits per heavy atom. The van der Waals surface area contributed by atoms with E-state index in [1.54, 1.807) is 7.05 Å². The molecule has 7 heteroatoms. The zero-order chi connectivity index (χ0) is 15.9. The van der Waals surface area contributed by atoms with Crippen LogP contribution in [0.3, 0.4) is 0 Å². The summed E-state index contributed by atoms with van der Waals surface area (Å²) < 4.78 is 24.4. The number of nitrogens with one attached hydrogen (secondary N) is 2. The molecular weight excluding hydrogens is 290 g/mol. The molecule has 2 fully saturated rings. The van der Waals surface area contributed by atoms with E-state index in [2.05, 4.69) is 15.6 Å². The summed E-state index contributed by atoms with van der Waals surface area (Å²) in [5.74, 6) is 0.820. The fourth-order valence-electron chi connectivity index (χ4n) is 3.25. The molecule has 2 aliphatic rings. The van der Waals surface area contributed by atoms with Gasteiger partial charge in [-0.1, -0.05) is 19.3 Å². The molecule has 1 aliphatic carbocycles. The second kappa shape index (κ2) is 8.29. The molecule has 1 aliphatic heterocycles. The Labute approximate surface area is 130 Å². The lowest BCUT2D eigenvalue weighted by molar-refractivity contribution is -0.135. The Morgan fingerprint density at radius 3 is 2.64 bits per heavy atom. The van der Waals surface area contributed by atoms with Crippen molar-refractivity contribution in [2.24, 2.45) is 10.9 Å². The third kappa shape index (κ3) is 4.81. The van der Waals surface area contributed by atoms with Crippen molar-refractivity contribution in [3.8, 4) is 0 Å². The molecule has 1 atom stereocenters. The van der Waals surface area contributed by atoms with Crippen molar-refractivity contribution in [2.45, 2.75) is 51.0 Å². The fourth-order valence-corrected chi connectivity index (χ4v) is 3.25. The molecule has 1 saturated heterocycles. The van der Waals surface area contributed by atoms with Gasteiger partial charge in [-0.25, -0.2) is 8.78 Å². The highest BCUT2D eigenvalue weighted by Crippen LogP contribution is 2.26. The van der Waals surface area contributed by atoms with E-state index >= 15 is 0 Å². The van der Waals surface area contributed by atoms with Gasteiger partial charge in [-0.05, 0) is 19.3 Å². The minimum absolute atomic E-state index is 0.0800. The van der Waals surface area contributed by atoms with Crippen LogP contribution in [0.5, 0.6) is 0 Å². The first-order valence-electron chi connectivity index (χ1n) is 8.14. The van der Waals surface area contributed by atoms with Gasteiger partial charge in [0.05, 0.1) is 6.54 Å². The predicted molar refractivity (Wildman–Crippen MR) is 82.1 cm³/mol. The first-order chi connectivity index (χ1) is 10.6. The Bertz CT molecular complexity index is 397. The van der Waals surface area contributed by atoms with E-state index in [4.69, 9.17) is 0 Å². The molecule has 0 aromatic carbocycles. The van der Waals surface area contributed by atoms with E-state index in [1.165, 1.54) is 6.42 Å². The highest BCUT2D eigenvalue weighted by atomic mass is 19.3. The van der Waals surface area contributed by atoms with Crippen molar-refractivity contribution in [2.75, 3.05) is 26.7 Å². The molecule has 0 spiro atoms. The Kier molecular flexibility index (Phi) is 6.39. The van der Waals surface area contributed by atoms with Crippen LogP contribution in [0.2, 0.25) is 0 Å². The molecule has 1 saturated carbocycles. The number of carbonyl (C=O) groups is 1. The molecular formula is C15H26F2N4O. The van der Waals surface area contributed by atoms with Crippen molar-refractivity contribution in [1.82, 2.24) is 15.5 Å². The SMILES string of the molecule is CN=C(NCC(F)F)NC1CCN(C(=O)C2CCCCC2)C1. The van der Waals surface area contributed by atoms with Gasteiger partial charge in [-0.3, -0.25) is 9.79 Å². The number of hydrogen-bond donors (Lipinski definition) is 2. The molecule has 22 heavy (non-hydrogen) atoms. The maximum absolute atomic E-state index is 12.5. The van der Waals surface area contributed by atoms with E-state index in [0.717, 1.165) is 38.6 Å². The summed E-state index contributed by atoms with van der Waals surface area (Å²) >= 11 is 0. The van der Waals surface area contributed by atoms with Crippen LogP contribution in [0, 0.1) is 5.92 Å². The molecule has 0 radical (unpaired) electrons. The maximum atomic E-state index is 12.5. The largest absolute Gasteiger partial charge is 0.352 e. The quantitative estimate of drug-likeness (QED) is 0.612. The van der Waals surface area contributed by atoms with Crippen LogP contribution in [-0.2, 0) is 4.79 Å². The normalized spacial score (nSPS) is 23.9. The number of nitrogens with zero attached hydrogens (tertiary/aromatic N) is 2. The van der Waals surface area contributed by atoms with E-state index < -0.39 is 13.0 Å². The third-order valence-corrected chi connectivity index (χ3v) is 4.44. The zero-order valence-corrected chi connectivity index (χ0v) is 13.2. The molecule has 2 N–H and O–H groups in total. The molecule has 0 aromatic heterocycles. The Balaban J connectivity index is 1.77. The smallest absolute Gasteiger partial charge is 0.255 e. The summed E-state index contributed by atoms with van der Waals surface area (Å²) in [6.07, 6.45) is 3.96. The minimum Gasteiger partial charge on any atom is -0.352 e. The van der Waals surface area contributed by atoms with Crippen LogP contribution >= 0.6 is 0 Å². The maximum Gasteiger partial charge on any atom is 0.255 e. The summed E-state index contributed by atoms with van der Waals surface area (Å²) in [5.41, 5.74) is 0. The lowest BCUT2D eigenvalue weighted by Crippen LogP contribution is -2.46. The summed E-state index contributed by atoms with van der Waals surface area (Å²) in [4.78, 5) is 18.3. The van der Waals surface area contributed by atoms with Crippen molar-refractivity contribution in [3.05, 3.63) is 0 Å². The number of carbonyl (C=O) groups excluding carboxylic acids is 1. The highest BCUT2D eigenvalue weighted by Gasteiger charge is 2.31. The van der Waals surface area contributed by atoms with Gasteiger partial charge in [0.2, 0.25) is 5.91 Å². The summed E-state index contributed by atoms with van der Waals surface area (Å²) in [5, 5.41) is 5.71. The number of guanidine groups is 1. The van der Waals surface area contributed by atoms with Gasteiger partial charge in [-0.2, -0.15) is 0 Å². The highest BCUT2D eigenvalue weighted by molar-refractivity contribution is 5.81. The van der Waals surface area contributed by atoms with Gasteiger partial charge in [0, 0.05) is 32.1 Å². The van der Waals surface area contributed by atoms with Gasteiger partial charge in [0.15, 0.2) is 5.96 Å². The number of halogens is 2. The molecule has 1 unspecified atom stereocenters. The monoisotopic (exact) mass is 316 g/mol. The van der Waals surface area contributed by atoms with Gasteiger partial charge >= 0.3 is 0 Å². The number of alkyl halides is 2. The van der Waals surface area contributed by atoms with Gasteiger partial charge < -0.3 is 15.5 Å². The zero-order valence-electron chi connectivity index (χ0n) is 13.2. The summed E-state index contributed by atoms with van der Waals surface area (Å²) in [7, 11) is 1.56. The van der Waals surface area contributed by atoms with Crippen LogP contribution in [-0.4, -0.2) is 55.9 Å². The lowest BCUT2D eigenvalue weighted by Gasteiger charge is -2.26. The number of aliphatic imine (C=N–C) groups is 1. The van der Waals surface area contributed by atoms with E-state index in [1.807, 2.05) is 4.90 Å². The van der Waals surface area contributed by atoms with Crippen molar-refractivity contribution in [3.63, 3.8) is 0 Å². The van der Waals surface area contributed by atoms with Crippen LogP contribution in [0.1, 0.15) is 38.5 Å². The topological polar surface area (TPSA) is 56.7 Å². The molecule has 0 aromatic rings. The Hall–Kier alpha value is -1.40. The molecule has 5 nitrogen and oxygen atoms in total. The van der Waals surface area contributed by atoms with Crippen LogP contribution in [0.25, 0.3) is 0 Å². The number of amides is 1. The third-order valence-electron chi connectivity index (χ3n) is 4.44. The average molecular weight is 316 g/mol. The second-order valence-corrected chi connectivity index (χ2v) is 6.09. The molecule has 2 rings (SSSR count). The van der Waals surface area contributed by atoms with E-state index in [9.17, 15) is 13.6 Å². The average Bonchev–Trinajstić information content (AvgIpc) is 3.00. The number of rotatable bonds is 4. The second-order valence-electron chi connectivity index (χ2n) is 6.09. The minimum atomic E-state index is -2.41. The van der Waals surface area contributed by atoms with Crippen molar-refractivity contribution >= 4 is 11.9 Å². The lowest BCUT2D eigenvalue weighted by atomic mass is 9.88. The first-order valence-corrected chi connectivity index (χ1v) is 8.14. The van der Waals surface area contributed by atoms with Crippen molar-refractivity contribution in [1.29, 1.82) is 0 Å². The standard InChI is InChI=1S/C15H26F2N4O/c1-18-15(19-9-13(16)17)20-12-7-8-21(10-12)14(22)11-5-3-2-4-6-11/h11-13H,2-10H2,1H3,(H2,18,19,20). The van der Waals surface area contributed by atoms with Crippen LogP contribution in [0.4, 0.5) is 8.78 Å². The van der Waals surface area contributed by atoms with E-state index in [0.29, 0.717) is 12.5 Å². The molecule has 1 heterocycles. The van der Waals surface area contributed by atoms with Gasteiger partial charge in [0.25, 0.3) is 6.43 Å². The molecule has 0 bridgehead atoms. The Morgan fingerprint density at radius 1 is 1.27 bits per heavy atom. The van der Waals surface area contributed by atoms with Crippen molar-refractivity contribution < 1.29 is 13.6 Å². The number of likely N-dealkylation sites (tertiary alicyclic amines) is 1. The van der Waals surface area contributed by atoms with E-state index in [-0.39, 0.29) is 17.9 Å². The summed E-state index contributed by atoms with van der Waals surface area (Å²) in [6, 6.07) is 0.0800.